The molecule has 1 aliphatic heterocycles. The Hall–Kier alpha value is -0.0800. The summed E-state index contributed by atoms with van der Waals surface area (Å²) in [7, 11) is 0. The van der Waals surface area contributed by atoms with Crippen LogP contribution in [0.4, 0.5) is 0 Å². The van der Waals surface area contributed by atoms with Crippen molar-refractivity contribution in [1.82, 2.24) is 5.32 Å². The maximum absolute atomic E-state index is 5.86. The van der Waals surface area contributed by atoms with Gasteiger partial charge in [0.1, 0.15) is 0 Å². The van der Waals surface area contributed by atoms with E-state index in [9.17, 15) is 0 Å². The van der Waals surface area contributed by atoms with E-state index in [1.165, 1.54) is 0 Å². The van der Waals surface area contributed by atoms with Crippen LogP contribution >= 0.6 is 0 Å². The molecular weight excluding hydrogens is 124 g/mol. The van der Waals surface area contributed by atoms with Crippen molar-refractivity contribution in [3.63, 3.8) is 0 Å². The molecule has 1 aliphatic rings. The number of nitrogens with two attached hydrogens (primary N) is 1. The van der Waals surface area contributed by atoms with Crippen LogP contribution in [0.1, 0.15) is 33.6 Å². The van der Waals surface area contributed by atoms with E-state index in [1.807, 2.05) is 0 Å². The van der Waals surface area contributed by atoms with Gasteiger partial charge in [-0.3, -0.25) is 0 Å². The SMILES string of the molecule is CC1CC(N)CC(C)(C)N1. The van der Waals surface area contributed by atoms with Crippen molar-refractivity contribution in [2.45, 2.75) is 51.2 Å². The van der Waals surface area contributed by atoms with E-state index in [0.29, 0.717) is 12.1 Å². The van der Waals surface area contributed by atoms with Crippen LogP contribution in [0.5, 0.6) is 0 Å². The monoisotopic (exact) mass is 142 g/mol. The Morgan fingerprint density at radius 3 is 2.50 bits per heavy atom. The summed E-state index contributed by atoms with van der Waals surface area (Å²) in [4.78, 5) is 0. The van der Waals surface area contributed by atoms with Crippen molar-refractivity contribution in [2.75, 3.05) is 0 Å². The van der Waals surface area contributed by atoms with E-state index in [4.69, 9.17) is 5.73 Å². The zero-order chi connectivity index (χ0) is 7.78. The molecule has 1 heterocycles. The zero-order valence-corrected chi connectivity index (χ0v) is 7.15. The van der Waals surface area contributed by atoms with Gasteiger partial charge in [-0.05, 0) is 33.6 Å². The molecule has 1 saturated heterocycles. The largest absolute Gasteiger partial charge is 0.328 e. The first kappa shape index (κ1) is 8.02. The van der Waals surface area contributed by atoms with Crippen LogP contribution in [-0.4, -0.2) is 17.6 Å². The van der Waals surface area contributed by atoms with Crippen LogP contribution in [0.2, 0.25) is 0 Å². The van der Waals surface area contributed by atoms with Crippen molar-refractivity contribution in [2.24, 2.45) is 5.73 Å². The van der Waals surface area contributed by atoms with Crippen molar-refractivity contribution in [1.29, 1.82) is 0 Å². The molecule has 2 unspecified atom stereocenters. The molecule has 0 spiro atoms. The summed E-state index contributed by atoms with van der Waals surface area (Å²) in [6.07, 6.45) is 2.21. The van der Waals surface area contributed by atoms with Crippen LogP contribution in [-0.2, 0) is 0 Å². The standard InChI is InChI=1S/C8H18N2/c1-6-4-7(9)5-8(2,3)10-6/h6-7,10H,4-5,9H2,1-3H3. The highest BCUT2D eigenvalue weighted by atomic mass is 15.0. The second kappa shape index (κ2) is 2.51. The lowest BCUT2D eigenvalue weighted by molar-refractivity contribution is 0.230. The van der Waals surface area contributed by atoms with Gasteiger partial charge in [0.05, 0.1) is 0 Å². The third-order valence-corrected chi connectivity index (χ3v) is 2.07. The van der Waals surface area contributed by atoms with Gasteiger partial charge in [0, 0.05) is 17.6 Å². The molecule has 0 aromatic rings. The molecule has 0 saturated carbocycles. The van der Waals surface area contributed by atoms with Crippen LogP contribution in [0.3, 0.4) is 0 Å². The van der Waals surface area contributed by atoms with Crippen molar-refractivity contribution in [3.05, 3.63) is 0 Å². The van der Waals surface area contributed by atoms with Crippen LogP contribution in [0.15, 0.2) is 0 Å². The maximum atomic E-state index is 5.86. The molecule has 0 aromatic carbocycles. The first-order valence-electron chi connectivity index (χ1n) is 4.03. The lowest BCUT2D eigenvalue weighted by Crippen LogP contribution is -2.54. The molecule has 10 heavy (non-hydrogen) atoms. The summed E-state index contributed by atoms with van der Waals surface area (Å²) in [5.41, 5.74) is 6.11. The fourth-order valence-electron chi connectivity index (χ4n) is 1.98. The molecule has 0 amide bonds. The average Bonchev–Trinajstić information content (AvgIpc) is 1.54. The molecule has 1 fully saturated rings. The Labute approximate surface area is 63.2 Å². The molecule has 2 heteroatoms. The predicted molar refractivity (Wildman–Crippen MR) is 43.9 cm³/mol. The van der Waals surface area contributed by atoms with Gasteiger partial charge >= 0.3 is 0 Å². The summed E-state index contributed by atoms with van der Waals surface area (Å²) in [6, 6.07) is 0.977. The molecule has 0 aromatic heterocycles. The van der Waals surface area contributed by atoms with Crippen LogP contribution < -0.4 is 11.1 Å². The van der Waals surface area contributed by atoms with E-state index in [-0.39, 0.29) is 5.54 Å². The third kappa shape index (κ3) is 1.96. The van der Waals surface area contributed by atoms with E-state index < -0.39 is 0 Å². The lowest BCUT2D eigenvalue weighted by Gasteiger charge is -2.38. The molecule has 0 aliphatic carbocycles. The van der Waals surface area contributed by atoms with Crippen molar-refractivity contribution in [3.8, 4) is 0 Å². The molecule has 60 valence electrons. The summed E-state index contributed by atoms with van der Waals surface area (Å²) < 4.78 is 0. The number of hydrogen-bond acceptors (Lipinski definition) is 2. The van der Waals surface area contributed by atoms with Gasteiger partial charge in [-0.1, -0.05) is 0 Å². The van der Waals surface area contributed by atoms with E-state index in [2.05, 4.69) is 26.1 Å². The smallest absolute Gasteiger partial charge is 0.0142 e. The number of nitrogens with one attached hydrogen (secondary N) is 1. The van der Waals surface area contributed by atoms with Crippen molar-refractivity contribution >= 4 is 0 Å². The van der Waals surface area contributed by atoms with Gasteiger partial charge < -0.3 is 11.1 Å². The Morgan fingerprint density at radius 2 is 2.10 bits per heavy atom. The highest BCUT2D eigenvalue weighted by Gasteiger charge is 2.28. The summed E-state index contributed by atoms with van der Waals surface area (Å²) in [6.45, 7) is 6.62. The number of hydrogen-bond donors (Lipinski definition) is 2. The summed E-state index contributed by atoms with van der Waals surface area (Å²) in [5, 5.41) is 3.51. The molecule has 2 atom stereocenters. The van der Waals surface area contributed by atoms with Gasteiger partial charge in [0.2, 0.25) is 0 Å². The molecule has 2 nitrogen and oxygen atoms in total. The molecule has 3 N–H and O–H groups in total. The van der Waals surface area contributed by atoms with E-state index in [1.54, 1.807) is 0 Å². The fourth-order valence-corrected chi connectivity index (χ4v) is 1.98. The predicted octanol–water partition coefficient (Wildman–Crippen LogP) is 0.864. The number of piperidine rings is 1. The first-order valence-corrected chi connectivity index (χ1v) is 4.03. The minimum absolute atomic E-state index is 0.247. The Kier molecular flexibility index (Phi) is 2.02. The normalized spacial score (nSPS) is 39.6. The molecule has 0 bridgehead atoms. The maximum Gasteiger partial charge on any atom is 0.0142 e. The lowest BCUT2D eigenvalue weighted by atomic mass is 9.87. The van der Waals surface area contributed by atoms with Crippen LogP contribution in [0, 0.1) is 0 Å². The Bertz CT molecular complexity index is 108. The zero-order valence-electron chi connectivity index (χ0n) is 7.15. The second-order valence-electron chi connectivity index (χ2n) is 4.13. The Morgan fingerprint density at radius 1 is 1.50 bits per heavy atom. The third-order valence-electron chi connectivity index (χ3n) is 2.07. The van der Waals surface area contributed by atoms with Gasteiger partial charge in [0.25, 0.3) is 0 Å². The Balaban J connectivity index is 2.51. The highest BCUT2D eigenvalue weighted by Crippen LogP contribution is 2.20. The fraction of sp³-hybridized carbons (Fsp3) is 1.00. The quantitative estimate of drug-likeness (QED) is 0.526. The first-order chi connectivity index (χ1) is 4.49. The van der Waals surface area contributed by atoms with Gasteiger partial charge in [-0.25, -0.2) is 0 Å². The van der Waals surface area contributed by atoms with E-state index >= 15 is 0 Å². The van der Waals surface area contributed by atoms with Gasteiger partial charge in [-0.2, -0.15) is 0 Å². The topological polar surface area (TPSA) is 38.0 Å². The average molecular weight is 142 g/mol. The van der Waals surface area contributed by atoms with Gasteiger partial charge in [0.15, 0.2) is 0 Å². The summed E-state index contributed by atoms with van der Waals surface area (Å²) in [5.74, 6) is 0. The van der Waals surface area contributed by atoms with Gasteiger partial charge in [-0.15, -0.1) is 0 Å². The second-order valence-corrected chi connectivity index (χ2v) is 4.13. The summed E-state index contributed by atoms with van der Waals surface area (Å²) >= 11 is 0. The van der Waals surface area contributed by atoms with E-state index in [0.717, 1.165) is 12.8 Å². The highest BCUT2D eigenvalue weighted by molar-refractivity contribution is 4.91. The minimum atomic E-state index is 0.247. The molecular formula is C8H18N2. The minimum Gasteiger partial charge on any atom is -0.328 e. The molecule has 1 rings (SSSR count). The van der Waals surface area contributed by atoms with Crippen LogP contribution in [0.25, 0.3) is 0 Å². The molecule has 0 radical (unpaired) electrons. The number of rotatable bonds is 0. The van der Waals surface area contributed by atoms with Crippen molar-refractivity contribution < 1.29 is 0 Å².